The van der Waals surface area contributed by atoms with Gasteiger partial charge in [0.25, 0.3) is 0 Å². The van der Waals surface area contributed by atoms with Crippen molar-refractivity contribution in [2.45, 2.75) is 6.92 Å². The second-order valence-electron chi connectivity index (χ2n) is 2.23. The van der Waals surface area contributed by atoms with E-state index in [0.29, 0.717) is 12.4 Å². The van der Waals surface area contributed by atoms with Gasteiger partial charge in [-0.15, -0.1) is 0 Å². The molecule has 0 aromatic carbocycles. The molecule has 68 valence electrons. The molecule has 0 aliphatic carbocycles. The Morgan fingerprint density at radius 1 is 1.83 bits per heavy atom. The number of hydrogen-bond donors (Lipinski definition) is 1. The van der Waals surface area contributed by atoms with Crippen LogP contribution in [0.2, 0.25) is 0 Å². The summed E-state index contributed by atoms with van der Waals surface area (Å²) in [5.74, 6) is 1.49. The van der Waals surface area contributed by atoms with E-state index in [1.807, 2.05) is 0 Å². The molecule has 4 nitrogen and oxygen atoms in total. The van der Waals surface area contributed by atoms with Gasteiger partial charge in [0.2, 0.25) is 0 Å². The SMILES string of the molecule is CCOC(=O)SCC1=NCCN1. The lowest BCUT2D eigenvalue weighted by Gasteiger charge is -2.01. The number of carbonyl (C=O) groups is 1. The van der Waals surface area contributed by atoms with Crippen LogP contribution in [-0.4, -0.2) is 36.6 Å². The smallest absolute Gasteiger partial charge is 0.367 e. The number of rotatable bonds is 3. The highest BCUT2D eigenvalue weighted by Gasteiger charge is 2.08. The highest BCUT2D eigenvalue weighted by Crippen LogP contribution is 2.05. The van der Waals surface area contributed by atoms with Crippen molar-refractivity contribution in [3.05, 3.63) is 0 Å². The summed E-state index contributed by atoms with van der Waals surface area (Å²) in [5.41, 5.74) is 0. The van der Waals surface area contributed by atoms with Gasteiger partial charge < -0.3 is 10.1 Å². The summed E-state index contributed by atoms with van der Waals surface area (Å²) in [5, 5.41) is 2.85. The Morgan fingerprint density at radius 3 is 3.25 bits per heavy atom. The maximum absolute atomic E-state index is 10.9. The van der Waals surface area contributed by atoms with Gasteiger partial charge in [-0.25, -0.2) is 4.79 Å². The molecule has 1 aliphatic heterocycles. The van der Waals surface area contributed by atoms with Crippen molar-refractivity contribution < 1.29 is 9.53 Å². The van der Waals surface area contributed by atoms with Gasteiger partial charge in [0.15, 0.2) is 0 Å². The summed E-state index contributed by atoms with van der Waals surface area (Å²) in [6.45, 7) is 3.94. The molecule has 0 radical (unpaired) electrons. The van der Waals surface area contributed by atoms with E-state index in [1.54, 1.807) is 6.92 Å². The summed E-state index contributed by atoms with van der Waals surface area (Å²) in [7, 11) is 0. The van der Waals surface area contributed by atoms with Crippen LogP contribution in [0.4, 0.5) is 4.79 Å². The molecule has 0 atom stereocenters. The molecule has 0 bridgehead atoms. The molecular weight excluding hydrogens is 176 g/mol. The Labute approximate surface area is 75.8 Å². The fourth-order valence-corrected chi connectivity index (χ4v) is 1.48. The molecule has 1 heterocycles. The normalized spacial score (nSPS) is 15.2. The number of nitrogens with one attached hydrogen (secondary N) is 1. The van der Waals surface area contributed by atoms with Crippen molar-refractivity contribution in [3.8, 4) is 0 Å². The highest BCUT2D eigenvalue weighted by atomic mass is 32.2. The van der Waals surface area contributed by atoms with Crippen LogP contribution in [0.15, 0.2) is 4.99 Å². The number of ether oxygens (including phenoxy) is 1. The maximum atomic E-state index is 10.9. The molecule has 0 saturated carbocycles. The van der Waals surface area contributed by atoms with E-state index in [9.17, 15) is 4.79 Å². The third-order valence-electron chi connectivity index (χ3n) is 1.33. The van der Waals surface area contributed by atoms with Gasteiger partial charge in [0.1, 0.15) is 5.84 Å². The van der Waals surface area contributed by atoms with E-state index in [2.05, 4.69) is 10.3 Å². The first-order valence-corrected chi connectivity index (χ1v) is 4.88. The molecule has 0 spiro atoms. The van der Waals surface area contributed by atoms with Gasteiger partial charge in [-0.3, -0.25) is 4.99 Å². The van der Waals surface area contributed by atoms with E-state index < -0.39 is 0 Å². The standard InChI is InChI=1S/C7H12N2O2S/c1-2-11-7(10)12-5-6-8-3-4-9-6/h2-5H2,1H3,(H,8,9). The van der Waals surface area contributed by atoms with E-state index >= 15 is 0 Å². The Hall–Kier alpha value is -0.710. The minimum atomic E-state index is -0.228. The third kappa shape index (κ3) is 3.13. The van der Waals surface area contributed by atoms with Crippen LogP contribution in [-0.2, 0) is 4.74 Å². The van der Waals surface area contributed by atoms with Gasteiger partial charge in [-0.1, -0.05) is 0 Å². The van der Waals surface area contributed by atoms with Crippen molar-refractivity contribution in [3.63, 3.8) is 0 Å². The molecule has 5 heteroatoms. The molecule has 0 amide bonds. The van der Waals surface area contributed by atoms with Crippen LogP contribution < -0.4 is 5.32 Å². The molecule has 0 unspecified atom stereocenters. The first kappa shape index (κ1) is 9.38. The molecular formula is C7H12N2O2S. The largest absolute Gasteiger partial charge is 0.458 e. The lowest BCUT2D eigenvalue weighted by molar-refractivity contribution is 0.181. The average molecular weight is 188 g/mol. The summed E-state index contributed by atoms with van der Waals surface area (Å²) in [6.07, 6.45) is 0. The first-order chi connectivity index (χ1) is 5.83. The molecule has 1 rings (SSSR count). The van der Waals surface area contributed by atoms with Crippen molar-refractivity contribution in [2.75, 3.05) is 25.4 Å². The topological polar surface area (TPSA) is 50.7 Å². The number of hydrogen-bond acceptors (Lipinski definition) is 5. The average Bonchev–Trinajstić information content (AvgIpc) is 2.53. The molecule has 1 N–H and O–H groups in total. The molecule has 12 heavy (non-hydrogen) atoms. The van der Waals surface area contributed by atoms with Crippen LogP contribution in [0.3, 0.4) is 0 Å². The zero-order chi connectivity index (χ0) is 8.81. The second-order valence-corrected chi connectivity index (χ2v) is 3.14. The van der Waals surface area contributed by atoms with Gasteiger partial charge in [0, 0.05) is 6.54 Å². The lowest BCUT2D eigenvalue weighted by atomic mass is 10.7. The Balaban J connectivity index is 2.12. The second kappa shape index (κ2) is 5.03. The van der Waals surface area contributed by atoms with E-state index in [-0.39, 0.29) is 5.30 Å². The predicted molar refractivity (Wildman–Crippen MR) is 49.8 cm³/mol. The Kier molecular flexibility index (Phi) is 3.93. The number of carbonyl (C=O) groups excluding carboxylic acids is 1. The van der Waals surface area contributed by atoms with E-state index in [0.717, 1.165) is 30.7 Å². The van der Waals surface area contributed by atoms with Gasteiger partial charge in [0.05, 0.1) is 18.9 Å². The van der Waals surface area contributed by atoms with Crippen LogP contribution in [0.25, 0.3) is 0 Å². The third-order valence-corrected chi connectivity index (χ3v) is 2.10. The number of nitrogens with zero attached hydrogens (tertiary/aromatic N) is 1. The number of thioether (sulfide) groups is 1. The Morgan fingerprint density at radius 2 is 2.67 bits per heavy atom. The maximum Gasteiger partial charge on any atom is 0.367 e. The fraction of sp³-hybridized carbons (Fsp3) is 0.714. The molecule has 0 aromatic heterocycles. The summed E-state index contributed by atoms with van der Waals surface area (Å²) in [4.78, 5) is 15.0. The van der Waals surface area contributed by atoms with Crippen molar-refractivity contribution in [1.82, 2.24) is 5.32 Å². The van der Waals surface area contributed by atoms with Crippen LogP contribution in [0, 0.1) is 0 Å². The van der Waals surface area contributed by atoms with Crippen LogP contribution >= 0.6 is 11.8 Å². The van der Waals surface area contributed by atoms with Gasteiger partial charge >= 0.3 is 5.30 Å². The number of aliphatic imine (C=N–C) groups is 1. The quantitative estimate of drug-likeness (QED) is 0.668. The molecule has 0 fully saturated rings. The van der Waals surface area contributed by atoms with Crippen LogP contribution in [0.5, 0.6) is 0 Å². The van der Waals surface area contributed by atoms with Crippen molar-refractivity contribution >= 4 is 22.9 Å². The minimum absolute atomic E-state index is 0.228. The van der Waals surface area contributed by atoms with Gasteiger partial charge in [-0.2, -0.15) is 0 Å². The fourth-order valence-electron chi connectivity index (χ4n) is 0.830. The predicted octanol–water partition coefficient (Wildman–Crippen LogP) is 0.878. The van der Waals surface area contributed by atoms with Crippen molar-refractivity contribution in [2.24, 2.45) is 4.99 Å². The van der Waals surface area contributed by atoms with Crippen molar-refractivity contribution in [1.29, 1.82) is 0 Å². The summed E-state index contributed by atoms with van der Waals surface area (Å²) in [6, 6.07) is 0. The zero-order valence-electron chi connectivity index (χ0n) is 7.00. The highest BCUT2D eigenvalue weighted by molar-refractivity contribution is 8.13. The molecule has 0 saturated heterocycles. The summed E-state index contributed by atoms with van der Waals surface area (Å²) >= 11 is 1.14. The summed E-state index contributed by atoms with van der Waals surface area (Å²) < 4.78 is 4.74. The molecule has 0 aromatic rings. The van der Waals surface area contributed by atoms with E-state index in [1.165, 1.54) is 0 Å². The molecule has 1 aliphatic rings. The number of amidine groups is 1. The minimum Gasteiger partial charge on any atom is -0.458 e. The van der Waals surface area contributed by atoms with Gasteiger partial charge in [-0.05, 0) is 18.7 Å². The van der Waals surface area contributed by atoms with E-state index in [4.69, 9.17) is 4.74 Å². The first-order valence-electron chi connectivity index (χ1n) is 3.89. The van der Waals surface area contributed by atoms with Crippen LogP contribution in [0.1, 0.15) is 6.92 Å². The monoisotopic (exact) mass is 188 g/mol. The zero-order valence-corrected chi connectivity index (χ0v) is 7.82. The Bertz CT molecular complexity index is 194. The lowest BCUT2D eigenvalue weighted by Crippen LogP contribution is -2.21.